The number of nitrogens with one attached hydrogen (secondary N) is 1. The molecular weight excluding hydrogens is 490 g/mol. The molecule has 3 aliphatic rings. The second kappa shape index (κ2) is 10.6. The summed E-state index contributed by atoms with van der Waals surface area (Å²) >= 11 is 0. The van der Waals surface area contributed by atoms with Gasteiger partial charge >= 0.3 is 0 Å². The molecule has 5 rings (SSSR count). The molecular formula is C31H41N5O3. The van der Waals surface area contributed by atoms with Gasteiger partial charge < -0.3 is 20.0 Å². The minimum absolute atomic E-state index is 0.0290. The maximum absolute atomic E-state index is 14.1. The van der Waals surface area contributed by atoms with E-state index in [1.807, 2.05) is 72.7 Å². The number of benzene rings is 1. The van der Waals surface area contributed by atoms with E-state index in [2.05, 4.69) is 11.4 Å². The van der Waals surface area contributed by atoms with Crippen molar-refractivity contribution < 1.29 is 14.4 Å². The van der Waals surface area contributed by atoms with Gasteiger partial charge in [0.15, 0.2) is 0 Å². The van der Waals surface area contributed by atoms with E-state index in [4.69, 9.17) is 4.98 Å². The van der Waals surface area contributed by atoms with Crippen molar-refractivity contribution in [1.29, 1.82) is 0 Å². The zero-order valence-electron chi connectivity index (χ0n) is 23.9. The third kappa shape index (κ3) is 5.52. The topological polar surface area (TPSA) is 85.9 Å². The molecule has 8 heteroatoms. The number of pyridine rings is 1. The Bertz CT molecular complexity index is 1260. The number of aromatic nitrogens is 1. The maximum atomic E-state index is 14.1. The number of carbonyl (C=O) groups excluding carboxylic acids is 3. The minimum Gasteiger partial charge on any atom is -0.367 e. The Balaban J connectivity index is 1.39. The molecule has 3 aliphatic heterocycles. The Hall–Kier alpha value is -3.42. The summed E-state index contributed by atoms with van der Waals surface area (Å²) in [6.07, 6.45) is 2.51. The zero-order chi connectivity index (χ0) is 27.9. The van der Waals surface area contributed by atoms with E-state index in [1.54, 1.807) is 6.92 Å². The Morgan fingerprint density at radius 2 is 1.67 bits per heavy atom. The standard InChI is InChI=1S/C31H41N5O3/c1-20-8-6-7-9-25(20)36-19-23-10-11-26(32-24-13-16-34(17-14-24)30(39)31(3,4)5)33-28(23)27(29(36)38)22-12-15-35(18-22)21(2)37/h6-11,22,24,27H,12-19H2,1-5H3,(H,32,33)/t22-,27?/m0/s1. The number of aryl methyl sites for hydroxylation is 1. The first-order valence-electron chi connectivity index (χ1n) is 14.2. The largest absolute Gasteiger partial charge is 0.367 e. The smallest absolute Gasteiger partial charge is 0.236 e. The van der Waals surface area contributed by atoms with Crippen molar-refractivity contribution in [3.05, 3.63) is 53.2 Å². The monoisotopic (exact) mass is 531 g/mol. The molecule has 8 nitrogen and oxygen atoms in total. The first-order chi connectivity index (χ1) is 18.5. The summed E-state index contributed by atoms with van der Waals surface area (Å²) in [5.41, 5.74) is 3.52. The number of rotatable bonds is 4. The van der Waals surface area contributed by atoms with E-state index in [1.165, 1.54) is 0 Å². The minimum atomic E-state index is -0.397. The van der Waals surface area contributed by atoms with Gasteiger partial charge in [0.25, 0.3) is 0 Å². The molecule has 208 valence electrons. The lowest BCUT2D eigenvalue weighted by molar-refractivity contribution is -0.140. The van der Waals surface area contributed by atoms with Crippen molar-refractivity contribution in [2.45, 2.75) is 72.4 Å². The second-order valence-electron chi connectivity index (χ2n) is 12.4. The molecule has 2 fully saturated rings. The van der Waals surface area contributed by atoms with Crippen LogP contribution >= 0.6 is 0 Å². The van der Waals surface area contributed by atoms with Crippen LogP contribution in [0.15, 0.2) is 36.4 Å². The van der Waals surface area contributed by atoms with Gasteiger partial charge in [-0.05, 0) is 55.4 Å². The number of hydrogen-bond acceptors (Lipinski definition) is 5. The van der Waals surface area contributed by atoms with Crippen molar-refractivity contribution in [2.24, 2.45) is 11.3 Å². The SMILES string of the molecule is CC(=O)N1CC[C@H](C2C(=O)N(c3ccccc3C)Cc3ccc(NC4CCN(C(=O)C(C)(C)C)CC4)nc32)C1. The van der Waals surface area contributed by atoms with Crippen LogP contribution < -0.4 is 10.2 Å². The van der Waals surface area contributed by atoms with E-state index in [9.17, 15) is 14.4 Å². The van der Waals surface area contributed by atoms with Gasteiger partial charge in [-0.1, -0.05) is 45.0 Å². The first-order valence-corrected chi connectivity index (χ1v) is 14.2. The molecule has 2 aromatic rings. The maximum Gasteiger partial charge on any atom is 0.236 e. The molecule has 39 heavy (non-hydrogen) atoms. The highest BCUT2D eigenvalue weighted by atomic mass is 16.2. The molecule has 2 atom stereocenters. The van der Waals surface area contributed by atoms with Crippen LogP contribution in [0.2, 0.25) is 0 Å². The van der Waals surface area contributed by atoms with Crippen molar-refractivity contribution in [1.82, 2.24) is 14.8 Å². The second-order valence-corrected chi connectivity index (χ2v) is 12.4. The Labute approximate surface area is 231 Å². The van der Waals surface area contributed by atoms with Crippen LogP contribution in [0, 0.1) is 18.3 Å². The third-order valence-corrected chi connectivity index (χ3v) is 8.49. The number of likely N-dealkylation sites (tertiary alicyclic amines) is 2. The average molecular weight is 532 g/mol. The van der Waals surface area contributed by atoms with Crippen LogP contribution in [0.3, 0.4) is 0 Å². The summed E-state index contributed by atoms with van der Waals surface area (Å²) in [7, 11) is 0. The summed E-state index contributed by atoms with van der Waals surface area (Å²) in [5.74, 6) is 0.718. The van der Waals surface area contributed by atoms with Crippen LogP contribution in [-0.2, 0) is 20.9 Å². The molecule has 3 amide bonds. The molecule has 1 unspecified atom stereocenters. The van der Waals surface area contributed by atoms with Crippen molar-refractivity contribution >= 4 is 29.2 Å². The van der Waals surface area contributed by atoms with Crippen LogP contribution in [0.25, 0.3) is 0 Å². The summed E-state index contributed by atoms with van der Waals surface area (Å²) in [6.45, 7) is 12.7. The Morgan fingerprint density at radius 1 is 0.974 bits per heavy atom. The quantitative estimate of drug-likeness (QED) is 0.635. The number of fused-ring (bicyclic) bond motifs is 1. The molecule has 0 radical (unpaired) electrons. The van der Waals surface area contributed by atoms with Gasteiger partial charge in [0.1, 0.15) is 5.82 Å². The normalized spacial score (nSPS) is 22.2. The van der Waals surface area contributed by atoms with Gasteiger partial charge in [-0.15, -0.1) is 0 Å². The number of piperidine rings is 1. The van der Waals surface area contributed by atoms with Crippen molar-refractivity contribution in [2.75, 3.05) is 36.4 Å². The third-order valence-electron chi connectivity index (χ3n) is 8.49. The lowest BCUT2D eigenvalue weighted by Gasteiger charge is -2.38. The summed E-state index contributed by atoms with van der Waals surface area (Å²) in [5, 5.41) is 3.60. The van der Waals surface area contributed by atoms with Gasteiger partial charge in [0.05, 0.1) is 18.2 Å². The van der Waals surface area contributed by atoms with E-state index in [-0.39, 0.29) is 35.1 Å². The number of amides is 3. The van der Waals surface area contributed by atoms with Crippen LogP contribution in [0.4, 0.5) is 11.5 Å². The molecule has 1 N–H and O–H groups in total. The van der Waals surface area contributed by atoms with Gasteiger partial charge in [-0.25, -0.2) is 4.98 Å². The molecule has 1 aromatic heterocycles. The molecule has 0 aliphatic carbocycles. The summed E-state index contributed by atoms with van der Waals surface area (Å²) in [6, 6.07) is 12.3. The Morgan fingerprint density at radius 3 is 2.31 bits per heavy atom. The van der Waals surface area contributed by atoms with Crippen LogP contribution in [0.5, 0.6) is 0 Å². The lowest BCUT2D eigenvalue weighted by atomic mass is 9.82. The van der Waals surface area contributed by atoms with Crippen molar-refractivity contribution in [3.63, 3.8) is 0 Å². The molecule has 4 heterocycles. The zero-order valence-corrected chi connectivity index (χ0v) is 23.9. The lowest BCUT2D eigenvalue weighted by Crippen LogP contribution is -2.46. The number of nitrogens with zero attached hydrogens (tertiary/aromatic N) is 4. The highest BCUT2D eigenvalue weighted by Gasteiger charge is 2.43. The van der Waals surface area contributed by atoms with E-state index < -0.39 is 5.92 Å². The highest BCUT2D eigenvalue weighted by Crippen LogP contribution is 2.41. The van der Waals surface area contributed by atoms with Crippen LogP contribution in [-0.4, -0.2) is 64.7 Å². The number of hydrogen-bond donors (Lipinski definition) is 1. The van der Waals surface area contributed by atoms with Gasteiger partial charge in [-0.2, -0.15) is 0 Å². The summed E-state index contributed by atoms with van der Waals surface area (Å²) in [4.78, 5) is 49.7. The van der Waals surface area contributed by atoms with Gasteiger partial charge in [0, 0.05) is 50.2 Å². The predicted octanol–water partition coefficient (Wildman–Crippen LogP) is 4.34. The van der Waals surface area contributed by atoms with Crippen LogP contribution in [0.1, 0.15) is 69.7 Å². The van der Waals surface area contributed by atoms with Crippen molar-refractivity contribution in [3.8, 4) is 0 Å². The van der Waals surface area contributed by atoms with E-state index >= 15 is 0 Å². The number of para-hydroxylation sites is 1. The molecule has 1 aromatic carbocycles. The molecule has 0 spiro atoms. The fourth-order valence-corrected chi connectivity index (χ4v) is 6.27. The van der Waals surface area contributed by atoms with E-state index in [0.717, 1.165) is 60.7 Å². The van der Waals surface area contributed by atoms with E-state index in [0.29, 0.717) is 19.6 Å². The van der Waals surface area contributed by atoms with Gasteiger partial charge in [0.2, 0.25) is 17.7 Å². The fraction of sp³-hybridized carbons (Fsp3) is 0.548. The summed E-state index contributed by atoms with van der Waals surface area (Å²) < 4.78 is 0. The predicted molar refractivity (Wildman–Crippen MR) is 152 cm³/mol. The molecule has 0 bridgehead atoms. The number of anilines is 2. The van der Waals surface area contributed by atoms with Gasteiger partial charge in [-0.3, -0.25) is 14.4 Å². The molecule has 0 saturated carbocycles. The first kappa shape index (κ1) is 27.2. The fourth-order valence-electron chi connectivity index (χ4n) is 6.27. The Kier molecular flexibility index (Phi) is 7.40. The average Bonchev–Trinajstić information content (AvgIpc) is 3.39. The number of carbonyl (C=O) groups is 3. The molecule has 2 saturated heterocycles. The highest BCUT2D eigenvalue weighted by molar-refractivity contribution is 6.00.